The van der Waals surface area contributed by atoms with E-state index in [1.54, 1.807) is 7.11 Å². The third-order valence-electron chi connectivity index (χ3n) is 3.27. The monoisotopic (exact) mass is 199 g/mol. The Morgan fingerprint density at radius 3 is 2.71 bits per heavy atom. The summed E-state index contributed by atoms with van der Waals surface area (Å²) in [6.07, 6.45) is 5.21. The van der Waals surface area contributed by atoms with Crippen LogP contribution < -0.4 is 5.32 Å². The molecule has 0 aliphatic heterocycles. The molecule has 1 saturated carbocycles. The predicted molar refractivity (Wildman–Crippen MR) is 60.5 cm³/mol. The molecule has 0 aromatic rings. The molecule has 0 saturated heterocycles. The first kappa shape index (κ1) is 12.0. The van der Waals surface area contributed by atoms with Gasteiger partial charge in [0.1, 0.15) is 0 Å². The van der Waals surface area contributed by atoms with Gasteiger partial charge >= 0.3 is 0 Å². The maximum Gasteiger partial charge on any atom is 0.0634 e. The van der Waals surface area contributed by atoms with Crippen LogP contribution >= 0.6 is 0 Å². The van der Waals surface area contributed by atoms with Gasteiger partial charge in [-0.15, -0.1) is 0 Å². The first-order valence-corrected chi connectivity index (χ1v) is 5.87. The highest BCUT2D eigenvalue weighted by Gasteiger charge is 2.35. The van der Waals surface area contributed by atoms with Crippen LogP contribution in [0.4, 0.5) is 0 Å². The standard InChI is InChI=1S/C12H25NO/c1-5-6-10-9-11(10)13-8-7-12(2,3)14-4/h10-11,13H,5-9H2,1-4H3. The average molecular weight is 199 g/mol. The van der Waals surface area contributed by atoms with Crippen molar-refractivity contribution in [3.8, 4) is 0 Å². The first-order valence-electron chi connectivity index (χ1n) is 5.87. The number of hydrogen-bond donors (Lipinski definition) is 1. The molecule has 2 unspecified atom stereocenters. The molecule has 0 radical (unpaired) electrons. The molecule has 2 nitrogen and oxygen atoms in total. The van der Waals surface area contributed by atoms with E-state index >= 15 is 0 Å². The molecule has 1 rings (SSSR count). The molecular weight excluding hydrogens is 174 g/mol. The summed E-state index contributed by atoms with van der Waals surface area (Å²) in [7, 11) is 1.79. The third-order valence-corrected chi connectivity index (χ3v) is 3.27. The van der Waals surface area contributed by atoms with Gasteiger partial charge in [0.15, 0.2) is 0 Å². The van der Waals surface area contributed by atoms with Crippen LogP contribution in [0.1, 0.15) is 46.5 Å². The molecule has 0 bridgehead atoms. The second-order valence-electron chi connectivity index (χ2n) is 5.06. The summed E-state index contributed by atoms with van der Waals surface area (Å²) in [4.78, 5) is 0. The highest BCUT2D eigenvalue weighted by atomic mass is 16.5. The van der Waals surface area contributed by atoms with Gasteiger partial charge < -0.3 is 10.1 Å². The molecule has 1 aliphatic carbocycles. The van der Waals surface area contributed by atoms with Crippen molar-refractivity contribution in [3.05, 3.63) is 0 Å². The number of methoxy groups -OCH3 is 1. The molecule has 2 heteroatoms. The van der Waals surface area contributed by atoms with Crippen molar-refractivity contribution in [1.82, 2.24) is 5.32 Å². The van der Waals surface area contributed by atoms with E-state index in [1.165, 1.54) is 19.3 Å². The fraction of sp³-hybridized carbons (Fsp3) is 1.00. The lowest BCUT2D eigenvalue weighted by molar-refractivity contribution is 0.0157. The van der Waals surface area contributed by atoms with Crippen molar-refractivity contribution in [2.24, 2.45) is 5.92 Å². The van der Waals surface area contributed by atoms with Crippen molar-refractivity contribution in [2.45, 2.75) is 58.1 Å². The number of hydrogen-bond acceptors (Lipinski definition) is 2. The fourth-order valence-corrected chi connectivity index (χ4v) is 1.85. The summed E-state index contributed by atoms with van der Waals surface area (Å²) in [5, 5.41) is 3.60. The summed E-state index contributed by atoms with van der Waals surface area (Å²) in [5.41, 5.74) is 0.0299. The average Bonchev–Trinajstić information content (AvgIpc) is 2.84. The van der Waals surface area contributed by atoms with Crippen molar-refractivity contribution in [3.63, 3.8) is 0 Å². The van der Waals surface area contributed by atoms with Gasteiger partial charge in [-0.2, -0.15) is 0 Å². The molecule has 0 heterocycles. The van der Waals surface area contributed by atoms with E-state index in [9.17, 15) is 0 Å². The lowest BCUT2D eigenvalue weighted by Crippen LogP contribution is -2.30. The molecule has 0 aromatic heterocycles. The zero-order chi connectivity index (χ0) is 10.6. The smallest absolute Gasteiger partial charge is 0.0634 e. The summed E-state index contributed by atoms with van der Waals surface area (Å²) in [6.45, 7) is 7.64. The Balaban J connectivity index is 2.01. The van der Waals surface area contributed by atoms with Crippen LogP contribution in [0.25, 0.3) is 0 Å². The predicted octanol–water partition coefficient (Wildman–Crippen LogP) is 2.58. The number of nitrogens with one attached hydrogen (secondary N) is 1. The van der Waals surface area contributed by atoms with E-state index < -0.39 is 0 Å². The first-order chi connectivity index (χ1) is 6.59. The van der Waals surface area contributed by atoms with Gasteiger partial charge in [0, 0.05) is 13.2 Å². The van der Waals surface area contributed by atoms with Gasteiger partial charge in [0.05, 0.1) is 5.60 Å². The van der Waals surface area contributed by atoms with Gasteiger partial charge in [-0.25, -0.2) is 0 Å². The van der Waals surface area contributed by atoms with Gasteiger partial charge in [-0.1, -0.05) is 13.3 Å². The Labute approximate surface area is 88.4 Å². The van der Waals surface area contributed by atoms with Crippen molar-refractivity contribution < 1.29 is 4.74 Å². The Kier molecular flexibility index (Phi) is 4.39. The maximum absolute atomic E-state index is 5.37. The minimum Gasteiger partial charge on any atom is -0.379 e. The highest BCUT2D eigenvalue weighted by Crippen LogP contribution is 2.34. The zero-order valence-electron chi connectivity index (χ0n) is 10.1. The third kappa shape index (κ3) is 3.97. The minimum atomic E-state index is 0.0299. The minimum absolute atomic E-state index is 0.0299. The molecule has 14 heavy (non-hydrogen) atoms. The summed E-state index contributed by atoms with van der Waals surface area (Å²) in [6, 6.07) is 0.808. The van der Waals surface area contributed by atoms with Crippen molar-refractivity contribution >= 4 is 0 Å². The van der Waals surface area contributed by atoms with Crippen molar-refractivity contribution in [2.75, 3.05) is 13.7 Å². The second-order valence-corrected chi connectivity index (χ2v) is 5.06. The lowest BCUT2D eigenvalue weighted by atomic mass is 10.1. The van der Waals surface area contributed by atoms with E-state index in [2.05, 4.69) is 26.1 Å². The lowest BCUT2D eigenvalue weighted by Gasteiger charge is -2.22. The van der Waals surface area contributed by atoms with Crippen molar-refractivity contribution in [1.29, 1.82) is 0 Å². The van der Waals surface area contributed by atoms with E-state index in [1.807, 2.05) is 0 Å². The Hall–Kier alpha value is -0.0800. The fourth-order valence-electron chi connectivity index (χ4n) is 1.85. The van der Waals surface area contributed by atoms with Gasteiger partial charge in [-0.05, 0) is 45.6 Å². The van der Waals surface area contributed by atoms with E-state index in [-0.39, 0.29) is 5.60 Å². The van der Waals surface area contributed by atoms with E-state index in [4.69, 9.17) is 4.74 Å². The van der Waals surface area contributed by atoms with Crippen LogP contribution in [0.2, 0.25) is 0 Å². The second kappa shape index (κ2) is 5.13. The molecule has 1 N–H and O–H groups in total. The van der Waals surface area contributed by atoms with Crippen LogP contribution in [0.5, 0.6) is 0 Å². The molecule has 0 amide bonds. The highest BCUT2D eigenvalue weighted by molar-refractivity contribution is 4.92. The molecule has 2 atom stereocenters. The summed E-state index contributed by atoms with van der Waals surface area (Å²) in [5.74, 6) is 0.964. The Morgan fingerprint density at radius 1 is 1.43 bits per heavy atom. The van der Waals surface area contributed by atoms with E-state index in [0.717, 1.165) is 24.9 Å². The Morgan fingerprint density at radius 2 is 2.14 bits per heavy atom. The van der Waals surface area contributed by atoms with Gasteiger partial charge in [0.2, 0.25) is 0 Å². The normalized spacial score (nSPS) is 26.6. The quantitative estimate of drug-likeness (QED) is 0.680. The van der Waals surface area contributed by atoms with Crippen LogP contribution in [0.3, 0.4) is 0 Å². The maximum atomic E-state index is 5.37. The SMILES string of the molecule is CCCC1CC1NCCC(C)(C)OC. The largest absolute Gasteiger partial charge is 0.379 e. The van der Waals surface area contributed by atoms with Crippen LogP contribution in [0, 0.1) is 5.92 Å². The van der Waals surface area contributed by atoms with Crippen LogP contribution in [-0.2, 0) is 4.74 Å². The van der Waals surface area contributed by atoms with Crippen LogP contribution in [0.15, 0.2) is 0 Å². The molecule has 1 fully saturated rings. The molecule has 0 aromatic carbocycles. The van der Waals surface area contributed by atoms with Gasteiger partial charge in [0.25, 0.3) is 0 Å². The summed E-state index contributed by atoms with van der Waals surface area (Å²) >= 11 is 0. The van der Waals surface area contributed by atoms with E-state index in [0.29, 0.717) is 0 Å². The molecular formula is C12H25NO. The molecule has 1 aliphatic rings. The number of ether oxygens (including phenoxy) is 1. The van der Waals surface area contributed by atoms with Gasteiger partial charge in [-0.3, -0.25) is 0 Å². The Bertz CT molecular complexity index is 168. The molecule has 84 valence electrons. The summed E-state index contributed by atoms with van der Waals surface area (Å²) < 4.78 is 5.37. The molecule has 0 spiro atoms. The zero-order valence-corrected chi connectivity index (χ0v) is 10.1. The van der Waals surface area contributed by atoms with Crippen LogP contribution in [-0.4, -0.2) is 25.3 Å². The topological polar surface area (TPSA) is 21.3 Å². The number of rotatable bonds is 7.